The van der Waals surface area contributed by atoms with Crippen LogP contribution in [0.5, 0.6) is 0 Å². The van der Waals surface area contributed by atoms with Crippen LogP contribution < -0.4 is 10.6 Å². The Morgan fingerprint density at radius 2 is 1.72 bits per heavy atom. The summed E-state index contributed by atoms with van der Waals surface area (Å²) in [6.45, 7) is 3.04. The summed E-state index contributed by atoms with van der Waals surface area (Å²) in [4.78, 5) is 25.3. The summed E-state index contributed by atoms with van der Waals surface area (Å²) in [5, 5.41) is 5.47. The molecule has 2 aliphatic rings. The van der Waals surface area contributed by atoms with Crippen molar-refractivity contribution in [3.63, 3.8) is 0 Å². The Kier molecular flexibility index (Phi) is 6.78. The summed E-state index contributed by atoms with van der Waals surface area (Å²) in [6, 6.07) is -0.963. The van der Waals surface area contributed by atoms with Gasteiger partial charge in [-0.05, 0) is 39.0 Å². The van der Waals surface area contributed by atoms with Crippen molar-refractivity contribution < 1.29 is 27.5 Å². The number of rotatable bonds is 3. The summed E-state index contributed by atoms with van der Waals surface area (Å²) in [5.74, 6) is -1.33. The van der Waals surface area contributed by atoms with Crippen molar-refractivity contribution in [2.75, 3.05) is 19.7 Å². The van der Waals surface area contributed by atoms with E-state index in [0.717, 1.165) is 0 Å². The highest BCUT2D eigenvalue weighted by atomic mass is 19.4. The summed E-state index contributed by atoms with van der Waals surface area (Å²) < 4.78 is 43.4. The Morgan fingerprint density at radius 3 is 2.32 bits per heavy atom. The maximum Gasteiger partial charge on any atom is 0.409 e. The lowest BCUT2D eigenvalue weighted by atomic mass is 9.85. The lowest BCUT2D eigenvalue weighted by Crippen LogP contribution is -2.52. The second kappa shape index (κ2) is 8.62. The highest BCUT2D eigenvalue weighted by molar-refractivity contribution is 5.74. The van der Waals surface area contributed by atoms with Crippen molar-refractivity contribution in [3.8, 4) is 0 Å². The fourth-order valence-corrected chi connectivity index (χ4v) is 3.45. The smallest absolute Gasteiger partial charge is 0.409 e. The third kappa shape index (κ3) is 5.97. The maximum atomic E-state index is 12.8. The van der Waals surface area contributed by atoms with Gasteiger partial charge < -0.3 is 20.3 Å². The number of carbonyl (C=O) groups is 2. The largest absolute Gasteiger partial charge is 0.450 e. The van der Waals surface area contributed by atoms with Crippen molar-refractivity contribution in [2.24, 2.45) is 5.92 Å². The molecule has 9 heteroatoms. The number of hydrogen-bond donors (Lipinski definition) is 2. The molecule has 2 atom stereocenters. The minimum Gasteiger partial charge on any atom is -0.450 e. The van der Waals surface area contributed by atoms with Gasteiger partial charge in [0.2, 0.25) is 0 Å². The van der Waals surface area contributed by atoms with Gasteiger partial charge in [-0.3, -0.25) is 0 Å². The number of halogens is 3. The third-order valence-corrected chi connectivity index (χ3v) is 4.83. The number of ether oxygens (including phenoxy) is 1. The van der Waals surface area contributed by atoms with Crippen LogP contribution in [-0.2, 0) is 4.74 Å². The fourth-order valence-electron chi connectivity index (χ4n) is 3.45. The van der Waals surface area contributed by atoms with Gasteiger partial charge in [0.1, 0.15) is 0 Å². The Hall–Kier alpha value is -1.67. The molecule has 3 amide bonds. The molecule has 0 aromatic carbocycles. The molecule has 0 aromatic heterocycles. The number of urea groups is 1. The van der Waals surface area contributed by atoms with Crippen LogP contribution in [0, 0.1) is 5.92 Å². The van der Waals surface area contributed by atoms with Crippen LogP contribution in [0.2, 0.25) is 0 Å². The molecule has 1 aliphatic carbocycles. The van der Waals surface area contributed by atoms with E-state index in [4.69, 9.17) is 4.74 Å². The molecule has 1 saturated carbocycles. The van der Waals surface area contributed by atoms with Crippen molar-refractivity contribution in [3.05, 3.63) is 0 Å². The number of nitrogens with one attached hydrogen (secondary N) is 2. The van der Waals surface area contributed by atoms with E-state index in [1.807, 2.05) is 0 Å². The van der Waals surface area contributed by atoms with Gasteiger partial charge in [0.15, 0.2) is 0 Å². The van der Waals surface area contributed by atoms with Crippen LogP contribution in [-0.4, -0.2) is 55.0 Å². The number of nitrogens with zero attached hydrogens (tertiary/aromatic N) is 1. The number of carbonyl (C=O) groups excluding carboxylic acids is 2. The molecule has 144 valence electrons. The molecule has 1 saturated heterocycles. The predicted octanol–water partition coefficient (Wildman–Crippen LogP) is 3.03. The predicted molar refractivity (Wildman–Crippen MR) is 85.1 cm³/mol. The van der Waals surface area contributed by atoms with Crippen LogP contribution in [0.15, 0.2) is 0 Å². The second-order valence-electron chi connectivity index (χ2n) is 6.68. The molecule has 2 N–H and O–H groups in total. The second-order valence-corrected chi connectivity index (χ2v) is 6.68. The zero-order valence-corrected chi connectivity index (χ0v) is 14.4. The SMILES string of the molecule is CCOC(=O)N1CCC(NC(=O)NC2CCCC(C(F)(F)F)C2)CC1. The zero-order valence-electron chi connectivity index (χ0n) is 14.4. The summed E-state index contributed by atoms with van der Waals surface area (Å²) in [5.41, 5.74) is 0. The first-order chi connectivity index (χ1) is 11.8. The molecular weight excluding hydrogens is 339 g/mol. The highest BCUT2D eigenvalue weighted by Crippen LogP contribution is 2.37. The minimum atomic E-state index is -4.20. The van der Waals surface area contributed by atoms with Gasteiger partial charge >= 0.3 is 18.3 Å². The molecule has 6 nitrogen and oxygen atoms in total. The summed E-state index contributed by atoms with van der Waals surface area (Å²) >= 11 is 0. The summed E-state index contributed by atoms with van der Waals surface area (Å²) in [7, 11) is 0. The number of piperidine rings is 1. The van der Waals surface area contributed by atoms with Gasteiger partial charge in [0.25, 0.3) is 0 Å². The fraction of sp³-hybridized carbons (Fsp3) is 0.875. The van der Waals surface area contributed by atoms with Gasteiger partial charge in [0, 0.05) is 25.2 Å². The number of hydrogen-bond acceptors (Lipinski definition) is 3. The van der Waals surface area contributed by atoms with Crippen LogP contribution in [0.25, 0.3) is 0 Å². The molecule has 25 heavy (non-hydrogen) atoms. The van der Waals surface area contributed by atoms with Crippen molar-refractivity contribution in [1.29, 1.82) is 0 Å². The molecule has 1 heterocycles. The average Bonchev–Trinajstić information content (AvgIpc) is 2.55. The summed E-state index contributed by atoms with van der Waals surface area (Å²) in [6.07, 6.45) is -2.24. The zero-order chi connectivity index (χ0) is 18.4. The van der Waals surface area contributed by atoms with Gasteiger partial charge in [0.05, 0.1) is 12.5 Å². The molecular formula is C16H26F3N3O3. The Morgan fingerprint density at radius 1 is 1.08 bits per heavy atom. The molecule has 0 bridgehead atoms. The van der Waals surface area contributed by atoms with E-state index in [1.165, 1.54) is 0 Å². The van der Waals surface area contributed by atoms with Crippen molar-refractivity contribution in [2.45, 2.75) is 63.7 Å². The van der Waals surface area contributed by atoms with Crippen LogP contribution in [0.1, 0.15) is 45.4 Å². The number of alkyl halides is 3. The average molecular weight is 365 g/mol. The Labute approximate surface area is 145 Å². The van der Waals surface area contributed by atoms with Gasteiger partial charge in [-0.1, -0.05) is 6.42 Å². The van der Waals surface area contributed by atoms with Gasteiger partial charge in [-0.2, -0.15) is 13.2 Å². The van der Waals surface area contributed by atoms with Gasteiger partial charge in [-0.25, -0.2) is 9.59 Å². The standard InChI is InChI=1S/C16H26F3N3O3/c1-2-25-15(24)22-8-6-12(7-9-22)20-14(23)21-13-5-3-4-11(10-13)16(17,18)19/h11-13H,2-10H2,1H3,(H2,20,21,23). The lowest BCUT2D eigenvalue weighted by molar-refractivity contribution is -0.183. The topological polar surface area (TPSA) is 70.7 Å². The van der Waals surface area contributed by atoms with Crippen molar-refractivity contribution in [1.82, 2.24) is 15.5 Å². The van der Waals surface area contributed by atoms with E-state index < -0.39 is 24.2 Å². The monoisotopic (exact) mass is 365 g/mol. The van der Waals surface area contributed by atoms with E-state index in [0.29, 0.717) is 45.4 Å². The van der Waals surface area contributed by atoms with Crippen LogP contribution >= 0.6 is 0 Å². The van der Waals surface area contributed by atoms with Crippen LogP contribution in [0.4, 0.5) is 22.8 Å². The van der Waals surface area contributed by atoms with E-state index in [-0.39, 0.29) is 25.0 Å². The molecule has 0 radical (unpaired) electrons. The Bertz CT molecular complexity index is 465. The normalized spacial score (nSPS) is 25.4. The first kappa shape index (κ1) is 19.7. The highest BCUT2D eigenvalue weighted by Gasteiger charge is 2.42. The van der Waals surface area contributed by atoms with Crippen molar-refractivity contribution >= 4 is 12.1 Å². The van der Waals surface area contributed by atoms with Crippen LogP contribution in [0.3, 0.4) is 0 Å². The van der Waals surface area contributed by atoms with E-state index in [1.54, 1.807) is 11.8 Å². The molecule has 2 unspecified atom stereocenters. The van der Waals surface area contributed by atoms with E-state index >= 15 is 0 Å². The first-order valence-electron chi connectivity index (χ1n) is 8.85. The lowest BCUT2D eigenvalue weighted by Gasteiger charge is -2.33. The van der Waals surface area contributed by atoms with E-state index in [2.05, 4.69) is 10.6 Å². The molecule has 0 spiro atoms. The molecule has 2 fully saturated rings. The first-order valence-corrected chi connectivity index (χ1v) is 8.85. The number of amides is 3. The molecule has 1 aliphatic heterocycles. The molecule has 0 aromatic rings. The quantitative estimate of drug-likeness (QED) is 0.808. The van der Waals surface area contributed by atoms with Gasteiger partial charge in [-0.15, -0.1) is 0 Å². The Balaban J connectivity index is 1.71. The third-order valence-electron chi connectivity index (χ3n) is 4.83. The molecule has 2 rings (SSSR count). The minimum absolute atomic E-state index is 0.0573. The van der Waals surface area contributed by atoms with E-state index in [9.17, 15) is 22.8 Å². The number of likely N-dealkylation sites (tertiary alicyclic amines) is 1. The maximum absolute atomic E-state index is 12.8.